The van der Waals surface area contributed by atoms with E-state index in [-0.39, 0.29) is 0 Å². The first-order valence-electron chi connectivity index (χ1n) is 9.13. The van der Waals surface area contributed by atoms with E-state index in [1.165, 1.54) is 29.5 Å². The Kier molecular flexibility index (Phi) is 6.29. The van der Waals surface area contributed by atoms with Crippen molar-refractivity contribution in [1.82, 2.24) is 0 Å². The maximum atomic E-state index is 10.7. The average molecular weight is 316 g/mol. The van der Waals surface area contributed by atoms with Gasteiger partial charge < -0.3 is 10.8 Å². The van der Waals surface area contributed by atoms with Crippen molar-refractivity contribution in [1.29, 1.82) is 0 Å². The summed E-state index contributed by atoms with van der Waals surface area (Å²) in [6, 6.07) is 4.24. The molecule has 0 saturated heterocycles. The number of aryl methyl sites for hydroxylation is 2. The van der Waals surface area contributed by atoms with Gasteiger partial charge in [0.2, 0.25) is 0 Å². The number of nitrogens with two attached hydrogens (primary N) is 1. The van der Waals surface area contributed by atoms with Crippen molar-refractivity contribution in [2.24, 2.45) is 17.6 Å². The fourth-order valence-corrected chi connectivity index (χ4v) is 4.04. The Labute approximate surface area is 141 Å². The fourth-order valence-electron chi connectivity index (χ4n) is 4.04. The SMILES string of the molecule is CC1=CC(c2c(C)cc(CCCCN)cc2O)C(C(C)C)CC1. The van der Waals surface area contributed by atoms with E-state index in [1.54, 1.807) is 0 Å². The number of allylic oxidation sites excluding steroid dienone is 2. The van der Waals surface area contributed by atoms with Gasteiger partial charge >= 0.3 is 0 Å². The molecule has 0 bridgehead atoms. The van der Waals surface area contributed by atoms with Crippen LogP contribution in [0.25, 0.3) is 0 Å². The normalized spacial score (nSPS) is 21.6. The Balaban J connectivity index is 2.32. The fraction of sp³-hybridized carbons (Fsp3) is 0.619. The van der Waals surface area contributed by atoms with Crippen molar-refractivity contribution in [3.05, 3.63) is 40.5 Å². The number of benzene rings is 1. The summed E-state index contributed by atoms with van der Waals surface area (Å²) in [5.41, 5.74) is 10.6. The molecule has 0 amide bonds. The van der Waals surface area contributed by atoms with E-state index >= 15 is 0 Å². The lowest BCUT2D eigenvalue weighted by molar-refractivity contribution is 0.309. The second kappa shape index (κ2) is 8.01. The summed E-state index contributed by atoms with van der Waals surface area (Å²) in [7, 11) is 0. The minimum atomic E-state index is 0.349. The van der Waals surface area contributed by atoms with Gasteiger partial charge in [-0.1, -0.05) is 31.6 Å². The first kappa shape index (κ1) is 18.1. The molecule has 0 aliphatic heterocycles. The second-order valence-electron chi connectivity index (χ2n) is 7.58. The molecule has 1 aromatic carbocycles. The van der Waals surface area contributed by atoms with E-state index in [1.807, 2.05) is 6.07 Å². The van der Waals surface area contributed by atoms with Gasteiger partial charge in [0.25, 0.3) is 0 Å². The van der Waals surface area contributed by atoms with Gasteiger partial charge in [-0.15, -0.1) is 0 Å². The molecule has 1 aliphatic rings. The zero-order valence-electron chi connectivity index (χ0n) is 15.2. The Morgan fingerprint density at radius 1 is 1.22 bits per heavy atom. The highest BCUT2D eigenvalue weighted by Gasteiger charge is 2.30. The zero-order valence-corrected chi connectivity index (χ0v) is 15.2. The maximum Gasteiger partial charge on any atom is 0.119 e. The maximum absolute atomic E-state index is 10.7. The van der Waals surface area contributed by atoms with E-state index in [9.17, 15) is 5.11 Å². The molecule has 0 spiro atoms. The smallest absolute Gasteiger partial charge is 0.119 e. The lowest BCUT2D eigenvalue weighted by atomic mass is 9.71. The van der Waals surface area contributed by atoms with Crippen LogP contribution in [0.2, 0.25) is 0 Å². The molecule has 2 heteroatoms. The van der Waals surface area contributed by atoms with Gasteiger partial charge in [0.05, 0.1) is 0 Å². The van der Waals surface area contributed by atoms with Gasteiger partial charge in [0, 0.05) is 11.5 Å². The molecule has 1 aliphatic carbocycles. The average Bonchev–Trinajstić information content (AvgIpc) is 2.46. The van der Waals surface area contributed by atoms with E-state index < -0.39 is 0 Å². The molecule has 0 radical (unpaired) electrons. The van der Waals surface area contributed by atoms with Gasteiger partial charge in [-0.25, -0.2) is 0 Å². The number of phenols is 1. The molecule has 0 aromatic heterocycles. The second-order valence-corrected chi connectivity index (χ2v) is 7.58. The summed E-state index contributed by atoms with van der Waals surface area (Å²) in [4.78, 5) is 0. The van der Waals surface area contributed by atoms with Crippen LogP contribution in [0.3, 0.4) is 0 Å². The predicted octanol–water partition coefficient (Wildman–Crippen LogP) is 5.08. The number of phenolic OH excluding ortho intramolecular Hbond substituents is 1. The van der Waals surface area contributed by atoms with Crippen molar-refractivity contribution in [3.8, 4) is 5.75 Å². The number of rotatable bonds is 6. The molecule has 0 fully saturated rings. The molecule has 2 rings (SSSR count). The Morgan fingerprint density at radius 2 is 1.96 bits per heavy atom. The molecule has 128 valence electrons. The molecule has 2 unspecified atom stereocenters. The summed E-state index contributed by atoms with van der Waals surface area (Å²) in [5.74, 6) is 2.08. The quantitative estimate of drug-likeness (QED) is 0.568. The van der Waals surface area contributed by atoms with Gasteiger partial charge in [0.1, 0.15) is 5.75 Å². The molecule has 2 nitrogen and oxygen atoms in total. The summed E-state index contributed by atoms with van der Waals surface area (Å²) in [6.45, 7) is 9.72. The first-order chi connectivity index (χ1) is 10.9. The highest BCUT2D eigenvalue weighted by atomic mass is 16.3. The molecule has 0 heterocycles. The lowest BCUT2D eigenvalue weighted by Crippen LogP contribution is -2.21. The van der Waals surface area contributed by atoms with E-state index in [0.717, 1.165) is 31.4 Å². The minimum Gasteiger partial charge on any atom is -0.508 e. The first-order valence-corrected chi connectivity index (χ1v) is 9.13. The summed E-state index contributed by atoms with van der Waals surface area (Å²) >= 11 is 0. The Bertz CT molecular complexity index is 536. The molecular formula is C21H33NO. The molecule has 3 N–H and O–H groups in total. The third-order valence-corrected chi connectivity index (χ3v) is 5.33. The van der Waals surface area contributed by atoms with Gasteiger partial charge in [0.15, 0.2) is 0 Å². The zero-order chi connectivity index (χ0) is 17.0. The Hall–Kier alpha value is -1.28. The molecule has 2 atom stereocenters. The lowest BCUT2D eigenvalue weighted by Gasteiger charge is -2.34. The molecule has 1 aromatic rings. The summed E-state index contributed by atoms with van der Waals surface area (Å²) in [5, 5.41) is 10.7. The van der Waals surface area contributed by atoms with Crippen molar-refractivity contribution in [2.45, 2.75) is 65.7 Å². The standard InChI is InChI=1S/C21H33NO/c1-14(2)18-9-8-15(3)11-19(18)21-16(4)12-17(13-20(21)23)7-5-6-10-22/h11-14,18-19,23H,5-10,22H2,1-4H3. The van der Waals surface area contributed by atoms with Crippen molar-refractivity contribution in [3.63, 3.8) is 0 Å². The van der Waals surface area contributed by atoms with Gasteiger partial charge in [-0.2, -0.15) is 0 Å². The van der Waals surface area contributed by atoms with Crippen LogP contribution in [0.5, 0.6) is 5.75 Å². The van der Waals surface area contributed by atoms with E-state index in [4.69, 9.17) is 5.73 Å². The van der Waals surface area contributed by atoms with Crippen LogP contribution in [0.1, 0.15) is 69.1 Å². The number of hydrogen-bond acceptors (Lipinski definition) is 2. The van der Waals surface area contributed by atoms with Crippen LogP contribution in [-0.2, 0) is 6.42 Å². The van der Waals surface area contributed by atoms with Crippen LogP contribution in [0.4, 0.5) is 0 Å². The van der Waals surface area contributed by atoms with Crippen molar-refractivity contribution in [2.75, 3.05) is 6.54 Å². The highest BCUT2D eigenvalue weighted by Crippen LogP contribution is 2.44. The molecular weight excluding hydrogens is 282 g/mol. The third kappa shape index (κ3) is 4.38. The number of unbranched alkanes of at least 4 members (excludes halogenated alkanes) is 1. The third-order valence-electron chi connectivity index (χ3n) is 5.33. The van der Waals surface area contributed by atoms with Crippen LogP contribution >= 0.6 is 0 Å². The van der Waals surface area contributed by atoms with E-state index in [0.29, 0.717) is 23.5 Å². The minimum absolute atomic E-state index is 0.349. The number of aromatic hydroxyl groups is 1. The van der Waals surface area contributed by atoms with Crippen molar-refractivity contribution < 1.29 is 5.11 Å². The van der Waals surface area contributed by atoms with E-state index in [2.05, 4.69) is 39.8 Å². The highest BCUT2D eigenvalue weighted by molar-refractivity contribution is 5.47. The number of hydrogen-bond donors (Lipinski definition) is 2. The van der Waals surface area contributed by atoms with Crippen LogP contribution in [-0.4, -0.2) is 11.7 Å². The molecule has 23 heavy (non-hydrogen) atoms. The van der Waals surface area contributed by atoms with Crippen LogP contribution in [0, 0.1) is 18.8 Å². The Morgan fingerprint density at radius 3 is 2.57 bits per heavy atom. The summed E-state index contributed by atoms with van der Waals surface area (Å²) in [6.07, 6.45) is 7.94. The van der Waals surface area contributed by atoms with Gasteiger partial charge in [-0.05, 0) is 81.5 Å². The monoisotopic (exact) mass is 315 g/mol. The van der Waals surface area contributed by atoms with Crippen LogP contribution < -0.4 is 5.73 Å². The predicted molar refractivity (Wildman–Crippen MR) is 98.9 cm³/mol. The molecule has 0 saturated carbocycles. The summed E-state index contributed by atoms with van der Waals surface area (Å²) < 4.78 is 0. The van der Waals surface area contributed by atoms with Crippen molar-refractivity contribution >= 4 is 0 Å². The van der Waals surface area contributed by atoms with Gasteiger partial charge in [-0.3, -0.25) is 0 Å². The largest absolute Gasteiger partial charge is 0.508 e. The van der Waals surface area contributed by atoms with Crippen LogP contribution in [0.15, 0.2) is 23.8 Å². The topological polar surface area (TPSA) is 46.2 Å².